The molecule has 0 bridgehead atoms. The first-order valence-electron chi connectivity index (χ1n) is 7.17. The summed E-state index contributed by atoms with van der Waals surface area (Å²) in [5.41, 5.74) is 3.55. The van der Waals surface area contributed by atoms with Crippen LogP contribution in [0.2, 0.25) is 0 Å². The van der Waals surface area contributed by atoms with Gasteiger partial charge in [-0.05, 0) is 25.0 Å². The number of oxime groups is 2. The second-order valence-electron chi connectivity index (χ2n) is 4.87. The zero-order chi connectivity index (χ0) is 15.6. The molecule has 114 valence electrons. The Morgan fingerprint density at radius 1 is 0.682 bits per heavy atom. The zero-order valence-corrected chi connectivity index (χ0v) is 12.9. The predicted molar refractivity (Wildman–Crippen MR) is 88.7 cm³/mol. The molecule has 22 heavy (non-hydrogen) atoms. The van der Waals surface area contributed by atoms with Gasteiger partial charge in [-0.3, -0.25) is 0 Å². The molecule has 2 rings (SSSR count). The van der Waals surface area contributed by atoms with E-state index >= 15 is 0 Å². The van der Waals surface area contributed by atoms with Crippen LogP contribution >= 0.6 is 0 Å². The van der Waals surface area contributed by atoms with Crippen molar-refractivity contribution in [2.24, 2.45) is 10.3 Å². The van der Waals surface area contributed by atoms with Gasteiger partial charge in [0.2, 0.25) is 0 Å². The van der Waals surface area contributed by atoms with Crippen molar-refractivity contribution in [3.8, 4) is 0 Å². The fraction of sp³-hybridized carbons (Fsp3) is 0.222. The standard InChI is InChI=1S/C18H20N2O2/c1-15(19-21-13-17-9-5-3-6-10-17)16(2)20-22-14-18-11-7-4-8-12-18/h3-12H,13-14H2,1-2H3/b19-15+,20-16+. The lowest BCUT2D eigenvalue weighted by molar-refractivity contribution is 0.127. The number of nitrogens with zero attached hydrogens (tertiary/aromatic N) is 2. The van der Waals surface area contributed by atoms with Crippen molar-refractivity contribution in [3.63, 3.8) is 0 Å². The van der Waals surface area contributed by atoms with Crippen LogP contribution in [0.4, 0.5) is 0 Å². The number of rotatable bonds is 7. The van der Waals surface area contributed by atoms with E-state index in [2.05, 4.69) is 10.3 Å². The lowest BCUT2D eigenvalue weighted by Gasteiger charge is -2.03. The SMILES string of the molecule is CC(=N\OCc1ccccc1)/C(C)=N/OCc1ccccc1. The van der Waals surface area contributed by atoms with E-state index in [0.29, 0.717) is 24.6 Å². The van der Waals surface area contributed by atoms with Crippen LogP contribution < -0.4 is 0 Å². The highest BCUT2D eigenvalue weighted by atomic mass is 16.6. The molecule has 0 saturated heterocycles. The molecule has 0 aliphatic rings. The molecule has 0 aliphatic carbocycles. The second kappa shape index (κ2) is 8.62. The molecule has 2 aromatic carbocycles. The maximum absolute atomic E-state index is 5.32. The van der Waals surface area contributed by atoms with Crippen molar-refractivity contribution < 1.29 is 9.68 Å². The minimum atomic E-state index is 0.441. The predicted octanol–water partition coefficient (Wildman–Crippen LogP) is 4.17. The summed E-state index contributed by atoms with van der Waals surface area (Å²) in [6, 6.07) is 19.8. The normalized spacial score (nSPS) is 12.1. The summed E-state index contributed by atoms with van der Waals surface area (Å²) in [5.74, 6) is 0. The molecule has 0 heterocycles. The van der Waals surface area contributed by atoms with Crippen LogP contribution in [0.15, 0.2) is 71.0 Å². The molecular formula is C18H20N2O2. The van der Waals surface area contributed by atoms with Gasteiger partial charge in [0.1, 0.15) is 24.6 Å². The van der Waals surface area contributed by atoms with Crippen molar-refractivity contribution in [1.29, 1.82) is 0 Å². The topological polar surface area (TPSA) is 43.2 Å². The first kappa shape index (κ1) is 15.8. The molecule has 0 spiro atoms. The summed E-state index contributed by atoms with van der Waals surface area (Å²) < 4.78 is 0. The number of benzene rings is 2. The average molecular weight is 296 g/mol. The van der Waals surface area contributed by atoms with Gasteiger partial charge in [0.05, 0.1) is 0 Å². The van der Waals surface area contributed by atoms with E-state index < -0.39 is 0 Å². The molecule has 0 N–H and O–H groups in total. The number of hydrogen-bond acceptors (Lipinski definition) is 4. The maximum Gasteiger partial charge on any atom is 0.142 e. The second-order valence-corrected chi connectivity index (χ2v) is 4.87. The Bertz CT molecular complexity index is 565. The van der Waals surface area contributed by atoms with Crippen LogP contribution in [0, 0.1) is 0 Å². The Morgan fingerprint density at radius 3 is 1.41 bits per heavy atom. The Hall–Kier alpha value is -2.62. The van der Waals surface area contributed by atoms with E-state index in [1.54, 1.807) is 0 Å². The summed E-state index contributed by atoms with van der Waals surface area (Å²) in [6.45, 7) is 4.57. The molecule has 4 nitrogen and oxygen atoms in total. The van der Waals surface area contributed by atoms with Gasteiger partial charge in [-0.2, -0.15) is 0 Å². The Labute approximate surface area is 131 Å². The molecule has 0 atom stereocenters. The summed E-state index contributed by atoms with van der Waals surface area (Å²) in [5, 5.41) is 8.10. The Morgan fingerprint density at radius 2 is 1.05 bits per heavy atom. The van der Waals surface area contributed by atoms with Gasteiger partial charge in [-0.25, -0.2) is 0 Å². The minimum absolute atomic E-state index is 0.441. The van der Waals surface area contributed by atoms with Crippen molar-refractivity contribution in [2.45, 2.75) is 27.1 Å². The third-order valence-electron chi connectivity index (χ3n) is 3.07. The summed E-state index contributed by atoms with van der Waals surface area (Å²) >= 11 is 0. The summed E-state index contributed by atoms with van der Waals surface area (Å²) in [4.78, 5) is 10.6. The van der Waals surface area contributed by atoms with Gasteiger partial charge in [0.25, 0.3) is 0 Å². The summed E-state index contributed by atoms with van der Waals surface area (Å²) in [7, 11) is 0. The molecule has 4 heteroatoms. The van der Waals surface area contributed by atoms with Crippen LogP contribution in [0.5, 0.6) is 0 Å². The fourth-order valence-corrected chi connectivity index (χ4v) is 1.69. The van der Waals surface area contributed by atoms with E-state index in [1.807, 2.05) is 74.5 Å². The molecular weight excluding hydrogens is 276 g/mol. The third-order valence-corrected chi connectivity index (χ3v) is 3.07. The molecule has 0 saturated carbocycles. The lowest BCUT2D eigenvalue weighted by Crippen LogP contribution is -2.07. The molecule has 0 aromatic heterocycles. The molecule has 0 fully saturated rings. The van der Waals surface area contributed by atoms with Gasteiger partial charge in [-0.1, -0.05) is 71.0 Å². The molecule has 0 aliphatic heterocycles. The van der Waals surface area contributed by atoms with Crippen molar-refractivity contribution >= 4 is 11.4 Å². The molecule has 0 amide bonds. The summed E-state index contributed by atoms with van der Waals surface area (Å²) in [6.07, 6.45) is 0. The third kappa shape index (κ3) is 5.40. The van der Waals surface area contributed by atoms with Crippen LogP contribution in [0.3, 0.4) is 0 Å². The first-order chi connectivity index (χ1) is 10.8. The van der Waals surface area contributed by atoms with Gasteiger partial charge >= 0.3 is 0 Å². The lowest BCUT2D eigenvalue weighted by atomic mass is 10.2. The average Bonchev–Trinajstić information content (AvgIpc) is 2.56. The largest absolute Gasteiger partial charge is 0.391 e. The molecule has 2 aromatic rings. The minimum Gasteiger partial charge on any atom is -0.391 e. The van der Waals surface area contributed by atoms with E-state index in [1.165, 1.54) is 0 Å². The van der Waals surface area contributed by atoms with Crippen LogP contribution in [0.25, 0.3) is 0 Å². The van der Waals surface area contributed by atoms with Crippen LogP contribution in [0.1, 0.15) is 25.0 Å². The molecule has 0 radical (unpaired) electrons. The number of hydrogen-bond donors (Lipinski definition) is 0. The van der Waals surface area contributed by atoms with Gasteiger partial charge in [0.15, 0.2) is 0 Å². The zero-order valence-electron chi connectivity index (χ0n) is 12.9. The van der Waals surface area contributed by atoms with Gasteiger partial charge in [0, 0.05) is 0 Å². The van der Waals surface area contributed by atoms with Crippen molar-refractivity contribution in [1.82, 2.24) is 0 Å². The van der Waals surface area contributed by atoms with E-state index in [0.717, 1.165) is 11.1 Å². The fourth-order valence-electron chi connectivity index (χ4n) is 1.69. The van der Waals surface area contributed by atoms with E-state index in [4.69, 9.17) is 9.68 Å². The van der Waals surface area contributed by atoms with E-state index in [9.17, 15) is 0 Å². The van der Waals surface area contributed by atoms with Crippen LogP contribution in [-0.2, 0) is 22.9 Å². The van der Waals surface area contributed by atoms with Gasteiger partial charge in [-0.15, -0.1) is 0 Å². The van der Waals surface area contributed by atoms with Crippen molar-refractivity contribution in [2.75, 3.05) is 0 Å². The Kier molecular flexibility index (Phi) is 6.18. The Balaban J connectivity index is 1.79. The van der Waals surface area contributed by atoms with Gasteiger partial charge < -0.3 is 9.68 Å². The van der Waals surface area contributed by atoms with Crippen molar-refractivity contribution in [3.05, 3.63) is 71.8 Å². The maximum atomic E-state index is 5.32. The monoisotopic (exact) mass is 296 g/mol. The van der Waals surface area contributed by atoms with Crippen LogP contribution in [-0.4, -0.2) is 11.4 Å². The molecule has 0 unspecified atom stereocenters. The van der Waals surface area contributed by atoms with E-state index in [-0.39, 0.29) is 0 Å². The highest BCUT2D eigenvalue weighted by Gasteiger charge is 1.99. The highest BCUT2D eigenvalue weighted by Crippen LogP contribution is 2.02. The highest BCUT2D eigenvalue weighted by molar-refractivity contribution is 6.40. The quantitative estimate of drug-likeness (QED) is 0.568. The first-order valence-corrected chi connectivity index (χ1v) is 7.17. The smallest absolute Gasteiger partial charge is 0.142 e.